The summed E-state index contributed by atoms with van der Waals surface area (Å²) in [6.45, 7) is 9.61. The third kappa shape index (κ3) is 4.57. The van der Waals surface area contributed by atoms with Crippen molar-refractivity contribution in [2.24, 2.45) is 0 Å². The summed E-state index contributed by atoms with van der Waals surface area (Å²) in [6.07, 6.45) is 2.00. The van der Waals surface area contributed by atoms with E-state index in [2.05, 4.69) is 45.0 Å². The number of carbonyl (C=O) groups excluding carboxylic acids is 1. The van der Waals surface area contributed by atoms with Crippen molar-refractivity contribution in [2.45, 2.75) is 32.7 Å². The van der Waals surface area contributed by atoms with Crippen LogP contribution in [0.3, 0.4) is 0 Å². The molecule has 7 nitrogen and oxygen atoms in total. The Morgan fingerprint density at radius 3 is 2.61 bits per heavy atom. The molecule has 9 heteroatoms. The molecule has 0 aliphatic carbocycles. The van der Waals surface area contributed by atoms with Gasteiger partial charge in [-0.25, -0.2) is 0 Å². The predicted octanol–water partition coefficient (Wildman–Crippen LogP) is 5.32. The SMILES string of the molecule is C=C(C)C(Nc1nsnc1Nc1cccc(C(=O)N2CCCC2)c1O)c1ccc(C)s1. The van der Waals surface area contributed by atoms with Crippen LogP contribution >= 0.6 is 23.1 Å². The van der Waals surface area contributed by atoms with Crippen molar-refractivity contribution < 1.29 is 9.90 Å². The summed E-state index contributed by atoms with van der Waals surface area (Å²) in [7, 11) is 0. The van der Waals surface area contributed by atoms with Crippen LogP contribution < -0.4 is 10.6 Å². The Morgan fingerprint density at radius 1 is 1.19 bits per heavy atom. The van der Waals surface area contributed by atoms with E-state index in [-0.39, 0.29) is 17.7 Å². The lowest BCUT2D eigenvalue weighted by Gasteiger charge is -2.19. The molecule has 162 valence electrons. The van der Waals surface area contributed by atoms with Crippen LogP contribution in [0.4, 0.5) is 17.3 Å². The van der Waals surface area contributed by atoms with Gasteiger partial charge in [-0.05, 0) is 51.0 Å². The number of nitrogens with one attached hydrogen (secondary N) is 2. The van der Waals surface area contributed by atoms with Crippen LogP contribution in [0.1, 0.15) is 45.9 Å². The molecule has 1 atom stereocenters. The van der Waals surface area contributed by atoms with E-state index in [9.17, 15) is 9.90 Å². The van der Waals surface area contributed by atoms with Gasteiger partial charge in [0.2, 0.25) is 0 Å². The minimum absolute atomic E-state index is 0.0799. The number of phenolic OH excluding ortho intramolecular Hbond substituents is 1. The molecule has 0 spiro atoms. The number of hydrogen-bond acceptors (Lipinski definition) is 8. The number of aryl methyl sites for hydroxylation is 1. The Morgan fingerprint density at radius 2 is 1.94 bits per heavy atom. The van der Waals surface area contributed by atoms with Gasteiger partial charge in [0, 0.05) is 22.8 Å². The maximum absolute atomic E-state index is 12.8. The molecule has 1 unspecified atom stereocenters. The fraction of sp³-hybridized carbons (Fsp3) is 0.318. The van der Waals surface area contributed by atoms with Crippen LogP contribution in [0.25, 0.3) is 0 Å². The number of para-hydroxylation sites is 1. The minimum atomic E-state index is -0.149. The van der Waals surface area contributed by atoms with E-state index in [1.807, 2.05) is 6.92 Å². The van der Waals surface area contributed by atoms with E-state index in [1.165, 1.54) is 4.88 Å². The molecule has 4 rings (SSSR count). The van der Waals surface area contributed by atoms with E-state index in [4.69, 9.17) is 0 Å². The number of benzene rings is 1. The highest BCUT2D eigenvalue weighted by Gasteiger charge is 2.24. The van der Waals surface area contributed by atoms with E-state index in [0.29, 0.717) is 22.9 Å². The van der Waals surface area contributed by atoms with Gasteiger partial charge in [0.1, 0.15) is 0 Å². The van der Waals surface area contributed by atoms with Crippen LogP contribution in [0, 0.1) is 6.92 Å². The number of phenols is 1. The second kappa shape index (κ2) is 9.07. The zero-order valence-electron chi connectivity index (χ0n) is 17.5. The van der Waals surface area contributed by atoms with Gasteiger partial charge < -0.3 is 20.6 Å². The molecular weight excluding hydrogens is 430 g/mol. The topological polar surface area (TPSA) is 90.4 Å². The predicted molar refractivity (Wildman–Crippen MR) is 127 cm³/mol. The summed E-state index contributed by atoms with van der Waals surface area (Å²) in [5, 5.41) is 17.3. The number of aromatic hydroxyl groups is 1. The van der Waals surface area contributed by atoms with E-state index in [1.54, 1.807) is 34.4 Å². The highest BCUT2D eigenvalue weighted by atomic mass is 32.1. The fourth-order valence-corrected chi connectivity index (χ4v) is 5.08. The molecule has 1 aliphatic rings. The Kier molecular flexibility index (Phi) is 6.24. The normalized spacial score (nSPS) is 14.5. The van der Waals surface area contributed by atoms with Crippen LogP contribution in [-0.4, -0.2) is 37.8 Å². The Bertz CT molecular complexity index is 1100. The van der Waals surface area contributed by atoms with E-state index >= 15 is 0 Å². The zero-order chi connectivity index (χ0) is 22.0. The van der Waals surface area contributed by atoms with E-state index in [0.717, 1.165) is 48.1 Å². The van der Waals surface area contributed by atoms with Gasteiger partial charge in [-0.2, -0.15) is 8.75 Å². The standard InChI is InChI=1S/C22H25N5O2S2/c1-13(2)18(17-10-9-14(3)30-17)24-21-20(25-31-26-21)23-16-8-6-7-15(19(16)28)22(29)27-11-4-5-12-27/h6-10,18,28H,1,4-5,11-12H2,2-3H3,(H,23,25)(H,24,26). The molecule has 0 bridgehead atoms. The van der Waals surface area contributed by atoms with Crippen molar-refractivity contribution >= 4 is 46.3 Å². The van der Waals surface area contributed by atoms with Gasteiger partial charge in [-0.15, -0.1) is 11.3 Å². The quantitative estimate of drug-likeness (QED) is 0.330. The molecule has 1 saturated heterocycles. The van der Waals surface area contributed by atoms with Gasteiger partial charge in [0.15, 0.2) is 17.4 Å². The van der Waals surface area contributed by atoms with Crippen LogP contribution in [-0.2, 0) is 0 Å². The first-order valence-corrected chi connectivity index (χ1v) is 11.7. The molecule has 1 amide bonds. The Hall–Kier alpha value is -2.91. The number of anilines is 3. The maximum atomic E-state index is 12.8. The number of aromatic nitrogens is 2. The third-order valence-corrected chi connectivity index (χ3v) is 6.81. The maximum Gasteiger partial charge on any atom is 0.257 e. The minimum Gasteiger partial charge on any atom is -0.505 e. The second-order valence-corrected chi connectivity index (χ2v) is 9.51. The van der Waals surface area contributed by atoms with Gasteiger partial charge in [-0.3, -0.25) is 4.79 Å². The Labute approximate surface area is 189 Å². The van der Waals surface area contributed by atoms with Gasteiger partial charge in [0.05, 0.1) is 29.0 Å². The van der Waals surface area contributed by atoms with E-state index < -0.39 is 0 Å². The van der Waals surface area contributed by atoms with Gasteiger partial charge >= 0.3 is 0 Å². The third-order valence-electron chi connectivity index (χ3n) is 5.22. The average Bonchev–Trinajstić information content (AvgIpc) is 3.49. The molecule has 0 radical (unpaired) electrons. The number of amides is 1. The molecule has 0 saturated carbocycles. The van der Waals surface area contributed by atoms with Crippen molar-refractivity contribution in [1.29, 1.82) is 0 Å². The molecule has 31 heavy (non-hydrogen) atoms. The monoisotopic (exact) mass is 455 g/mol. The highest BCUT2D eigenvalue weighted by molar-refractivity contribution is 7.12. The van der Waals surface area contributed by atoms with Gasteiger partial charge in [-0.1, -0.05) is 18.2 Å². The molecule has 3 aromatic rings. The summed E-state index contributed by atoms with van der Waals surface area (Å²) >= 11 is 2.77. The number of nitrogens with zero attached hydrogens (tertiary/aromatic N) is 3. The van der Waals surface area contributed by atoms with Crippen molar-refractivity contribution in [3.63, 3.8) is 0 Å². The molecule has 2 aromatic heterocycles. The van der Waals surface area contributed by atoms with Gasteiger partial charge in [0.25, 0.3) is 5.91 Å². The molecular formula is C22H25N5O2S2. The van der Waals surface area contributed by atoms with Crippen molar-refractivity contribution in [3.05, 3.63) is 57.8 Å². The molecule has 3 N–H and O–H groups in total. The average molecular weight is 456 g/mol. The van der Waals surface area contributed by atoms with Crippen molar-refractivity contribution in [2.75, 3.05) is 23.7 Å². The van der Waals surface area contributed by atoms with Crippen LogP contribution in [0.5, 0.6) is 5.75 Å². The number of rotatable bonds is 7. The van der Waals surface area contributed by atoms with Crippen molar-refractivity contribution in [3.8, 4) is 5.75 Å². The first kappa shape index (κ1) is 21.3. The largest absolute Gasteiger partial charge is 0.505 e. The first-order valence-electron chi connectivity index (χ1n) is 10.1. The molecule has 1 aromatic carbocycles. The lowest BCUT2D eigenvalue weighted by molar-refractivity contribution is 0.0790. The summed E-state index contributed by atoms with van der Waals surface area (Å²) in [6, 6.07) is 9.19. The molecule has 1 fully saturated rings. The molecule has 1 aliphatic heterocycles. The van der Waals surface area contributed by atoms with Crippen LogP contribution in [0.15, 0.2) is 42.5 Å². The zero-order valence-corrected chi connectivity index (χ0v) is 19.1. The molecule has 3 heterocycles. The fourth-order valence-electron chi connectivity index (χ4n) is 3.58. The highest BCUT2D eigenvalue weighted by Crippen LogP contribution is 2.36. The number of hydrogen-bond donors (Lipinski definition) is 3. The number of thiophene rings is 1. The smallest absolute Gasteiger partial charge is 0.257 e. The lowest BCUT2D eigenvalue weighted by Crippen LogP contribution is -2.27. The van der Waals surface area contributed by atoms with Crippen LogP contribution in [0.2, 0.25) is 0 Å². The summed E-state index contributed by atoms with van der Waals surface area (Å²) in [5.41, 5.74) is 1.67. The summed E-state index contributed by atoms with van der Waals surface area (Å²) in [5.74, 6) is 0.831. The summed E-state index contributed by atoms with van der Waals surface area (Å²) in [4.78, 5) is 16.9. The number of likely N-dealkylation sites (tertiary alicyclic amines) is 1. The number of carbonyl (C=O) groups is 1. The first-order chi connectivity index (χ1) is 14.9. The second-order valence-electron chi connectivity index (χ2n) is 7.66. The van der Waals surface area contributed by atoms with Crippen molar-refractivity contribution in [1.82, 2.24) is 13.6 Å². The summed E-state index contributed by atoms with van der Waals surface area (Å²) < 4.78 is 8.72. The Balaban J connectivity index is 1.56. The lowest BCUT2D eigenvalue weighted by atomic mass is 10.1.